The van der Waals surface area contributed by atoms with Crippen LogP contribution in [0.25, 0.3) is 0 Å². The molecule has 3 unspecified atom stereocenters. The molecule has 2 saturated heterocycles. The summed E-state index contributed by atoms with van der Waals surface area (Å²) in [6.45, 7) is 2.58. The van der Waals surface area contributed by atoms with Crippen LogP contribution in [0.2, 0.25) is 0 Å². The summed E-state index contributed by atoms with van der Waals surface area (Å²) in [5.74, 6) is -2.15. The Bertz CT molecular complexity index is 1000. The highest BCUT2D eigenvalue weighted by atomic mass is 32.2. The SMILES string of the molecule is CON=C(C(=O)NC1C(=O)N2C(C(=O)O)C(C[N+]3(C)CCCC3)=CSC12)c1csc(N)n1. The van der Waals surface area contributed by atoms with Crippen LogP contribution in [0, 0.1) is 0 Å². The number of rotatable bonds is 7. The maximum absolute atomic E-state index is 12.9. The standard InChI is InChI=1S/C19H24N6O5S2/c1-25(5-3-4-6-25)7-10-8-31-17-13(16(27)24(17)14(10)18(28)29)22-15(26)12(23-30-2)11-9-32-19(20)21-11/h8-9,13-14,17H,3-7H2,1-2H3,(H3-,20,21,22,26,28,29)/p+1. The van der Waals surface area contributed by atoms with Crippen molar-refractivity contribution >= 4 is 51.7 Å². The van der Waals surface area contributed by atoms with Crippen molar-refractivity contribution in [3.05, 3.63) is 22.1 Å². The molecule has 13 heteroatoms. The predicted molar refractivity (Wildman–Crippen MR) is 120 cm³/mol. The molecule has 3 aliphatic rings. The molecule has 0 saturated carbocycles. The molecule has 0 spiro atoms. The number of nitrogens with one attached hydrogen (secondary N) is 1. The number of β-lactam (4-membered cyclic amide) rings is 1. The number of anilines is 1. The van der Waals surface area contributed by atoms with Crippen LogP contribution in [0.3, 0.4) is 0 Å². The molecule has 4 rings (SSSR count). The summed E-state index contributed by atoms with van der Waals surface area (Å²) < 4.78 is 0.774. The number of nitrogens with two attached hydrogens (primary N) is 1. The third-order valence-electron chi connectivity index (χ3n) is 5.96. The molecule has 3 aliphatic heterocycles. The van der Waals surface area contributed by atoms with Gasteiger partial charge in [0.15, 0.2) is 16.9 Å². The lowest BCUT2D eigenvalue weighted by Gasteiger charge is -2.51. The van der Waals surface area contributed by atoms with Crippen LogP contribution in [0.5, 0.6) is 0 Å². The quantitative estimate of drug-likeness (QED) is 0.214. The minimum absolute atomic E-state index is 0.106. The first-order valence-corrected chi connectivity index (χ1v) is 11.9. The summed E-state index contributed by atoms with van der Waals surface area (Å²) in [5.41, 5.74) is 6.49. The van der Waals surface area contributed by atoms with Gasteiger partial charge in [-0.3, -0.25) is 9.59 Å². The lowest BCUT2D eigenvalue weighted by Crippen LogP contribution is -2.74. The van der Waals surface area contributed by atoms with Crippen molar-refractivity contribution in [2.75, 3.05) is 39.5 Å². The Labute approximate surface area is 192 Å². The van der Waals surface area contributed by atoms with Gasteiger partial charge in [0, 0.05) is 23.8 Å². The van der Waals surface area contributed by atoms with Crippen molar-refractivity contribution in [1.29, 1.82) is 0 Å². The molecule has 0 aliphatic carbocycles. The van der Waals surface area contributed by atoms with E-state index in [1.54, 1.807) is 5.38 Å². The van der Waals surface area contributed by atoms with E-state index >= 15 is 0 Å². The van der Waals surface area contributed by atoms with E-state index in [2.05, 4.69) is 22.5 Å². The van der Waals surface area contributed by atoms with Gasteiger partial charge >= 0.3 is 5.97 Å². The molecular weight excluding hydrogens is 456 g/mol. The molecule has 1 aromatic rings. The van der Waals surface area contributed by atoms with E-state index in [1.165, 1.54) is 23.8 Å². The number of nitrogen functional groups attached to an aromatic ring is 1. The number of likely N-dealkylation sites (tertiary alicyclic amines) is 1. The summed E-state index contributed by atoms with van der Waals surface area (Å²) in [7, 11) is 3.41. The molecule has 32 heavy (non-hydrogen) atoms. The average Bonchev–Trinajstić information content (AvgIpc) is 3.37. The van der Waals surface area contributed by atoms with Crippen molar-refractivity contribution in [3.63, 3.8) is 0 Å². The van der Waals surface area contributed by atoms with Gasteiger partial charge < -0.3 is 30.4 Å². The fourth-order valence-corrected chi connectivity index (χ4v) is 6.20. The van der Waals surface area contributed by atoms with Crippen LogP contribution in [0.1, 0.15) is 18.5 Å². The van der Waals surface area contributed by atoms with Gasteiger partial charge in [-0.05, 0) is 5.41 Å². The molecule has 3 atom stereocenters. The Morgan fingerprint density at radius 1 is 1.44 bits per heavy atom. The van der Waals surface area contributed by atoms with E-state index in [9.17, 15) is 19.5 Å². The van der Waals surface area contributed by atoms with Crippen LogP contribution in [0.4, 0.5) is 5.13 Å². The number of carboxylic acids is 1. The number of thioether (sulfide) groups is 1. The van der Waals surface area contributed by atoms with Crippen LogP contribution in [0.15, 0.2) is 21.5 Å². The van der Waals surface area contributed by atoms with E-state index in [0.29, 0.717) is 6.54 Å². The summed E-state index contributed by atoms with van der Waals surface area (Å²) >= 11 is 2.50. The Morgan fingerprint density at radius 3 is 2.75 bits per heavy atom. The average molecular weight is 482 g/mol. The summed E-state index contributed by atoms with van der Waals surface area (Å²) in [5, 5.41) is 19.4. The van der Waals surface area contributed by atoms with Gasteiger partial charge in [-0.1, -0.05) is 5.16 Å². The smallest absolute Gasteiger partial charge is 0.331 e. The number of carboxylic acid groups (broad SMARTS) is 1. The van der Waals surface area contributed by atoms with Gasteiger partial charge in [0.05, 0.1) is 20.1 Å². The molecule has 11 nitrogen and oxygen atoms in total. The fraction of sp³-hybridized carbons (Fsp3) is 0.526. The Balaban J connectivity index is 1.51. The molecule has 4 N–H and O–H groups in total. The normalized spacial score (nSPS) is 26.8. The molecule has 4 heterocycles. The molecule has 0 radical (unpaired) electrons. The number of thiazole rings is 1. The van der Waals surface area contributed by atoms with E-state index in [4.69, 9.17) is 10.6 Å². The highest BCUT2D eigenvalue weighted by Crippen LogP contribution is 2.41. The zero-order valence-corrected chi connectivity index (χ0v) is 19.3. The molecule has 0 bridgehead atoms. The Hall–Kier alpha value is -2.64. The monoisotopic (exact) mass is 481 g/mol. The van der Waals surface area contributed by atoms with Gasteiger partial charge in [-0.2, -0.15) is 0 Å². The first kappa shape index (κ1) is 22.6. The van der Waals surface area contributed by atoms with Gasteiger partial charge in [0.1, 0.15) is 30.8 Å². The minimum Gasteiger partial charge on any atom is -0.479 e. The number of fused-ring (bicyclic) bond motifs is 1. The van der Waals surface area contributed by atoms with Crippen molar-refractivity contribution in [3.8, 4) is 0 Å². The van der Waals surface area contributed by atoms with Gasteiger partial charge in [-0.25, -0.2) is 9.78 Å². The maximum atomic E-state index is 12.9. The van der Waals surface area contributed by atoms with E-state index in [0.717, 1.165) is 47.3 Å². The number of nitrogens with zero attached hydrogens (tertiary/aromatic N) is 4. The van der Waals surface area contributed by atoms with Gasteiger partial charge in [-0.15, -0.1) is 23.1 Å². The molecule has 2 fully saturated rings. The van der Waals surface area contributed by atoms with Crippen molar-refractivity contribution in [2.24, 2.45) is 5.16 Å². The lowest BCUT2D eigenvalue weighted by atomic mass is 9.97. The molecule has 2 amide bonds. The van der Waals surface area contributed by atoms with E-state index in [-0.39, 0.29) is 16.5 Å². The molecule has 172 valence electrons. The first-order chi connectivity index (χ1) is 15.2. The topological polar surface area (TPSA) is 147 Å². The largest absolute Gasteiger partial charge is 0.479 e. The number of carbonyl (C=O) groups excluding carboxylic acids is 2. The third-order valence-corrected chi connectivity index (χ3v) is 7.85. The number of carbonyl (C=O) groups is 3. The molecule has 0 aromatic carbocycles. The van der Waals surface area contributed by atoms with Crippen LogP contribution >= 0.6 is 23.1 Å². The van der Waals surface area contributed by atoms with Crippen LogP contribution < -0.4 is 11.1 Å². The zero-order valence-electron chi connectivity index (χ0n) is 17.7. The highest BCUT2D eigenvalue weighted by molar-refractivity contribution is 8.03. The Kier molecular flexibility index (Phi) is 6.14. The minimum atomic E-state index is -1.06. The molecular formula is C19H25N6O5S2+. The van der Waals surface area contributed by atoms with Crippen LogP contribution in [-0.2, 0) is 19.2 Å². The number of aliphatic carboxylic acids is 1. The van der Waals surface area contributed by atoms with Crippen LogP contribution in [-0.4, -0.2) is 94.2 Å². The van der Waals surface area contributed by atoms with Gasteiger partial charge in [0.25, 0.3) is 5.91 Å². The summed E-state index contributed by atoms with van der Waals surface area (Å²) in [4.78, 5) is 48.0. The van der Waals surface area contributed by atoms with E-state index in [1.807, 2.05) is 5.41 Å². The lowest BCUT2D eigenvalue weighted by molar-refractivity contribution is -0.893. The number of quaternary nitrogens is 1. The third kappa shape index (κ3) is 4.07. The number of amides is 2. The molecule has 1 aromatic heterocycles. The second-order valence-corrected chi connectivity index (χ2v) is 10.2. The number of hydrogen-bond acceptors (Lipinski definition) is 9. The van der Waals surface area contributed by atoms with Crippen molar-refractivity contribution < 1.29 is 28.8 Å². The predicted octanol–water partition coefficient (Wildman–Crippen LogP) is 0.0532. The second-order valence-electron chi connectivity index (χ2n) is 8.28. The highest BCUT2D eigenvalue weighted by Gasteiger charge is 2.56. The van der Waals surface area contributed by atoms with E-state index < -0.39 is 35.2 Å². The summed E-state index contributed by atoms with van der Waals surface area (Å²) in [6, 6.07) is -1.90. The van der Waals surface area contributed by atoms with Crippen molar-refractivity contribution in [2.45, 2.75) is 30.3 Å². The second kappa shape index (κ2) is 8.71. The van der Waals surface area contributed by atoms with Crippen molar-refractivity contribution in [1.82, 2.24) is 15.2 Å². The number of likely N-dealkylation sites (N-methyl/N-ethyl adjacent to an activating group) is 1. The number of aromatic nitrogens is 1. The van der Waals surface area contributed by atoms with Gasteiger partial charge in [0.2, 0.25) is 5.91 Å². The fourth-order valence-electron chi connectivity index (χ4n) is 4.44. The maximum Gasteiger partial charge on any atom is 0.331 e. The zero-order chi connectivity index (χ0) is 23.0. The Morgan fingerprint density at radius 2 is 2.16 bits per heavy atom. The number of oxime groups is 1. The number of hydrogen-bond donors (Lipinski definition) is 3. The first-order valence-electron chi connectivity index (χ1n) is 10.1. The summed E-state index contributed by atoms with van der Waals surface area (Å²) in [6.07, 6.45) is 2.23.